The molecule has 0 fully saturated rings. The van der Waals surface area contributed by atoms with Gasteiger partial charge in [-0.3, -0.25) is 0 Å². The molecule has 0 heterocycles. The number of thiocarbonyl (C=S) groups is 1. The molecule has 0 unspecified atom stereocenters. The average molecular weight is 275 g/mol. The van der Waals surface area contributed by atoms with Crippen LogP contribution in [0.15, 0.2) is 29.3 Å². The van der Waals surface area contributed by atoms with Crippen LogP contribution < -0.4 is 0 Å². The van der Waals surface area contributed by atoms with Crippen LogP contribution in [0.2, 0.25) is 0 Å². The Morgan fingerprint density at radius 1 is 0.947 bits per heavy atom. The molecule has 0 saturated heterocycles. The van der Waals surface area contributed by atoms with Crippen molar-refractivity contribution in [1.29, 1.82) is 0 Å². The first-order valence-corrected chi connectivity index (χ1v) is 7.56. The summed E-state index contributed by atoms with van der Waals surface area (Å²) in [6, 6.07) is 8.88. The maximum atomic E-state index is 4.82. The Hall–Kier alpha value is -0.980. The summed E-state index contributed by atoms with van der Waals surface area (Å²) in [4.78, 5) is 4.44. The first-order chi connectivity index (χ1) is 8.95. The van der Waals surface area contributed by atoms with E-state index >= 15 is 0 Å². The van der Waals surface area contributed by atoms with E-state index in [-0.39, 0.29) is 11.0 Å². The molecule has 104 valence electrons. The van der Waals surface area contributed by atoms with Crippen molar-refractivity contribution in [1.82, 2.24) is 0 Å². The molecule has 0 aliphatic heterocycles. The first-order valence-electron chi connectivity index (χ1n) is 7.15. The van der Waals surface area contributed by atoms with E-state index in [1.54, 1.807) is 0 Å². The zero-order chi connectivity index (χ0) is 14.5. The van der Waals surface area contributed by atoms with Crippen molar-refractivity contribution in [3.05, 3.63) is 35.4 Å². The molecule has 0 aromatic heterocycles. The molecule has 0 N–H and O–H groups in total. The van der Waals surface area contributed by atoms with Crippen LogP contribution in [0, 0.1) is 0 Å². The number of hydrogen-bond donors (Lipinski definition) is 0. The van der Waals surface area contributed by atoms with Crippen LogP contribution in [0.4, 0.5) is 0 Å². The number of nitrogens with zero attached hydrogens (tertiary/aromatic N) is 1. The summed E-state index contributed by atoms with van der Waals surface area (Å²) in [6.07, 6.45) is 3.03. The zero-order valence-corrected chi connectivity index (χ0v) is 13.6. The standard InChI is InChI=1S/C17H25NS/c1-6-16(4,5)14-9-11-15(12-10-14)17(7-2,8-3)18-13-19/h9-12H,6-8H2,1-5H3. The number of hydrogen-bond acceptors (Lipinski definition) is 2. The smallest absolute Gasteiger partial charge is 0.0954 e. The summed E-state index contributed by atoms with van der Waals surface area (Å²) in [5.74, 6) is 0. The summed E-state index contributed by atoms with van der Waals surface area (Å²) in [7, 11) is 0. The molecule has 1 rings (SSSR count). The number of aliphatic imine (C=N–C) groups is 1. The molecule has 0 radical (unpaired) electrons. The highest BCUT2D eigenvalue weighted by Gasteiger charge is 2.28. The van der Waals surface area contributed by atoms with Crippen molar-refractivity contribution < 1.29 is 0 Å². The summed E-state index contributed by atoms with van der Waals surface area (Å²) >= 11 is 4.82. The van der Waals surface area contributed by atoms with Crippen LogP contribution in [-0.4, -0.2) is 5.16 Å². The average Bonchev–Trinajstić information content (AvgIpc) is 2.45. The Bertz CT molecular complexity index is 449. The highest BCUT2D eigenvalue weighted by Crippen LogP contribution is 2.35. The summed E-state index contributed by atoms with van der Waals surface area (Å²) in [6.45, 7) is 11.1. The maximum Gasteiger partial charge on any atom is 0.0954 e. The van der Waals surface area contributed by atoms with Crippen LogP contribution in [0.3, 0.4) is 0 Å². The SMILES string of the molecule is CCC(C)(C)c1ccc(C(CC)(CC)N=C=S)cc1. The molecular formula is C17H25NS. The van der Waals surface area contributed by atoms with Crippen molar-refractivity contribution in [3.63, 3.8) is 0 Å². The van der Waals surface area contributed by atoms with Gasteiger partial charge in [-0.05, 0) is 48.0 Å². The molecular weight excluding hydrogens is 250 g/mol. The van der Waals surface area contributed by atoms with Gasteiger partial charge >= 0.3 is 0 Å². The summed E-state index contributed by atoms with van der Waals surface area (Å²) in [5, 5.41) is 2.57. The largest absolute Gasteiger partial charge is 0.221 e. The van der Waals surface area contributed by atoms with Crippen molar-refractivity contribution in [2.24, 2.45) is 4.99 Å². The molecule has 0 saturated carbocycles. The van der Waals surface area contributed by atoms with Crippen LogP contribution in [0.5, 0.6) is 0 Å². The molecule has 0 spiro atoms. The molecule has 0 aliphatic rings. The predicted molar refractivity (Wildman–Crippen MR) is 87.0 cm³/mol. The number of benzene rings is 1. The van der Waals surface area contributed by atoms with Gasteiger partial charge in [-0.15, -0.1) is 0 Å². The molecule has 1 aromatic rings. The lowest BCUT2D eigenvalue weighted by atomic mass is 9.79. The molecule has 1 aromatic carbocycles. The quantitative estimate of drug-likeness (QED) is 0.494. The second kappa shape index (κ2) is 6.45. The van der Waals surface area contributed by atoms with Gasteiger partial charge in [-0.1, -0.05) is 58.9 Å². The monoisotopic (exact) mass is 275 g/mol. The van der Waals surface area contributed by atoms with Gasteiger partial charge < -0.3 is 0 Å². The first kappa shape index (κ1) is 16.1. The minimum Gasteiger partial charge on any atom is -0.221 e. The fraction of sp³-hybridized carbons (Fsp3) is 0.588. The fourth-order valence-corrected chi connectivity index (χ4v) is 2.58. The van der Waals surface area contributed by atoms with E-state index in [1.165, 1.54) is 11.1 Å². The molecule has 2 heteroatoms. The van der Waals surface area contributed by atoms with E-state index in [4.69, 9.17) is 12.2 Å². The van der Waals surface area contributed by atoms with Crippen LogP contribution >= 0.6 is 12.2 Å². The highest BCUT2D eigenvalue weighted by atomic mass is 32.1. The molecule has 19 heavy (non-hydrogen) atoms. The van der Waals surface area contributed by atoms with Crippen molar-refractivity contribution in [2.45, 2.75) is 64.8 Å². The third-order valence-electron chi connectivity index (χ3n) is 4.52. The van der Waals surface area contributed by atoms with Crippen LogP contribution in [0.25, 0.3) is 0 Å². The van der Waals surface area contributed by atoms with E-state index in [0.717, 1.165) is 19.3 Å². The van der Waals surface area contributed by atoms with Crippen LogP contribution in [-0.2, 0) is 11.0 Å². The van der Waals surface area contributed by atoms with E-state index < -0.39 is 0 Å². The van der Waals surface area contributed by atoms with Gasteiger partial charge in [0, 0.05) is 0 Å². The topological polar surface area (TPSA) is 12.4 Å². The normalized spacial score (nSPS) is 12.1. The summed E-state index contributed by atoms with van der Waals surface area (Å²) < 4.78 is 0. The zero-order valence-electron chi connectivity index (χ0n) is 12.8. The lowest BCUT2D eigenvalue weighted by Crippen LogP contribution is -2.22. The number of rotatable bonds is 6. The third kappa shape index (κ3) is 3.32. The number of isothiocyanates is 1. The highest BCUT2D eigenvalue weighted by molar-refractivity contribution is 7.78. The van der Waals surface area contributed by atoms with Crippen molar-refractivity contribution >= 4 is 17.4 Å². The van der Waals surface area contributed by atoms with Gasteiger partial charge in [0.05, 0.1) is 10.7 Å². The molecule has 0 amide bonds. The van der Waals surface area contributed by atoms with Gasteiger partial charge in [0.2, 0.25) is 0 Å². The lowest BCUT2D eigenvalue weighted by Gasteiger charge is -2.28. The summed E-state index contributed by atoms with van der Waals surface area (Å²) in [5.41, 5.74) is 2.65. The van der Waals surface area contributed by atoms with Crippen LogP contribution in [0.1, 0.15) is 65.0 Å². The van der Waals surface area contributed by atoms with Gasteiger partial charge in [0.25, 0.3) is 0 Å². The van der Waals surface area contributed by atoms with E-state index in [0.29, 0.717) is 0 Å². The van der Waals surface area contributed by atoms with Gasteiger partial charge in [0.1, 0.15) is 0 Å². The lowest BCUT2D eigenvalue weighted by molar-refractivity contribution is 0.418. The minimum atomic E-state index is -0.198. The molecule has 0 atom stereocenters. The minimum absolute atomic E-state index is 0.198. The third-order valence-corrected chi connectivity index (χ3v) is 4.61. The second-order valence-electron chi connectivity index (χ2n) is 5.76. The Balaban J connectivity index is 3.20. The maximum absolute atomic E-state index is 4.82. The molecule has 0 bridgehead atoms. The predicted octanol–water partition coefficient (Wildman–Crippen LogP) is 5.49. The van der Waals surface area contributed by atoms with Gasteiger partial charge in [-0.2, -0.15) is 0 Å². The van der Waals surface area contributed by atoms with E-state index in [1.807, 2.05) is 0 Å². The Morgan fingerprint density at radius 3 is 1.79 bits per heavy atom. The molecule has 0 aliphatic carbocycles. The van der Waals surface area contributed by atoms with Gasteiger partial charge in [-0.25, -0.2) is 4.99 Å². The van der Waals surface area contributed by atoms with E-state index in [2.05, 4.69) is 69.0 Å². The Kier molecular flexibility index (Phi) is 5.46. The fourth-order valence-electron chi connectivity index (χ4n) is 2.40. The van der Waals surface area contributed by atoms with Gasteiger partial charge in [0.15, 0.2) is 0 Å². The second-order valence-corrected chi connectivity index (χ2v) is 5.94. The van der Waals surface area contributed by atoms with Crippen molar-refractivity contribution in [3.8, 4) is 0 Å². The Labute approximate surface area is 123 Å². The van der Waals surface area contributed by atoms with Crippen molar-refractivity contribution in [2.75, 3.05) is 0 Å². The Morgan fingerprint density at radius 2 is 1.42 bits per heavy atom. The van der Waals surface area contributed by atoms with E-state index in [9.17, 15) is 0 Å². The molecule has 1 nitrogen and oxygen atoms in total.